The lowest BCUT2D eigenvalue weighted by Crippen LogP contribution is -1.83. The molecule has 0 aliphatic rings. The first-order valence-corrected chi connectivity index (χ1v) is 6.06. The van der Waals surface area contributed by atoms with Crippen LogP contribution in [0.5, 0.6) is 0 Å². The summed E-state index contributed by atoms with van der Waals surface area (Å²) in [6, 6.07) is 0. The molecule has 72 valence electrons. The van der Waals surface area contributed by atoms with Crippen molar-refractivity contribution in [3.05, 3.63) is 36.3 Å². The Morgan fingerprint density at radius 2 is 1.85 bits per heavy atom. The number of rotatable bonds is 8. The second kappa shape index (κ2) is 9.68. The summed E-state index contributed by atoms with van der Waals surface area (Å²) in [6.07, 6.45) is 6.48. The maximum atomic E-state index is 10.5. The average Bonchev–Trinajstić information content (AvgIpc) is 2.17. The lowest BCUT2D eigenvalue weighted by molar-refractivity contribution is -0.104. The zero-order valence-corrected chi connectivity index (χ0v) is 9.20. The lowest BCUT2D eigenvalue weighted by Gasteiger charge is -1.96. The van der Waals surface area contributed by atoms with Crippen molar-refractivity contribution < 1.29 is 4.79 Å². The van der Waals surface area contributed by atoms with Gasteiger partial charge in [-0.15, -0.1) is 24.9 Å². The summed E-state index contributed by atoms with van der Waals surface area (Å²) in [6.45, 7) is 7.21. The minimum absolute atomic E-state index is 0.788. The van der Waals surface area contributed by atoms with Crippen molar-refractivity contribution in [3.63, 3.8) is 0 Å². The van der Waals surface area contributed by atoms with Gasteiger partial charge in [-0.05, 0) is 0 Å². The minimum Gasteiger partial charge on any atom is -0.297 e. The Morgan fingerprint density at radius 3 is 2.38 bits per heavy atom. The van der Waals surface area contributed by atoms with Gasteiger partial charge >= 0.3 is 0 Å². The van der Waals surface area contributed by atoms with Crippen LogP contribution in [-0.2, 0) is 4.79 Å². The summed E-state index contributed by atoms with van der Waals surface area (Å²) >= 11 is 3.25. The molecule has 0 rings (SSSR count). The highest BCUT2D eigenvalue weighted by Crippen LogP contribution is 2.14. The molecule has 0 aliphatic carbocycles. The van der Waals surface area contributed by atoms with E-state index in [-0.39, 0.29) is 0 Å². The van der Waals surface area contributed by atoms with Gasteiger partial charge in [-0.2, -0.15) is 11.8 Å². The van der Waals surface area contributed by atoms with Gasteiger partial charge in [-0.25, -0.2) is 0 Å². The van der Waals surface area contributed by atoms with Crippen molar-refractivity contribution in [2.24, 2.45) is 0 Å². The second-order valence-corrected chi connectivity index (χ2v) is 4.32. The van der Waals surface area contributed by atoms with Crippen LogP contribution in [0.15, 0.2) is 36.3 Å². The van der Waals surface area contributed by atoms with Crippen LogP contribution in [0.3, 0.4) is 0 Å². The van der Waals surface area contributed by atoms with Gasteiger partial charge in [-0.1, -0.05) is 18.2 Å². The molecular formula is C10H14OS2. The van der Waals surface area contributed by atoms with Crippen molar-refractivity contribution in [1.29, 1.82) is 0 Å². The van der Waals surface area contributed by atoms with Gasteiger partial charge in [-0.3, -0.25) is 4.79 Å². The number of hydrogen-bond acceptors (Lipinski definition) is 3. The highest BCUT2D eigenvalue weighted by molar-refractivity contribution is 8.04. The molecule has 0 aromatic heterocycles. The third-order valence-corrected chi connectivity index (χ3v) is 2.99. The van der Waals surface area contributed by atoms with Crippen LogP contribution < -0.4 is 0 Å². The van der Waals surface area contributed by atoms with Gasteiger partial charge < -0.3 is 0 Å². The van der Waals surface area contributed by atoms with Crippen molar-refractivity contribution in [3.8, 4) is 0 Å². The predicted octanol–water partition coefficient (Wildman–Crippen LogP) is 2.91. The first-order valence-electron chi connectivity index (χ1n) is 3.92. The van der Waals surface area contributed by atoms with E-state index in [2.05, 4.69) is 13.2 Å². The van der Waals surface area contributed by atoms with Crippen molar-refractivity contribution in [2.45, 2.75) is 0 Å². The molecule has 0 bridgehead atoms. The van der Waals surface area contributed by atoms with E-state index in [1.807, 2.05) is 12.2 Å². The second-order valence-electron chi connectivity index (χ2n) is 2.15. The summed E-state index contributed by atoms with van der Waals surface area (Å²) in [5, 5.41) is 0. The fourth-order valence-electron chi connectivity index (χ4n) is 0.589. The Bertz CT molecular complexity index is 197. The van der Waals surface area contributed by atoms with Crippen LogP contribution in [-0.4, -0.2) is 23.5 Å². The van der Waals surface area contributed by atoms with Gasteiger partial charge in [0.05, 0.1) is 0 Å². The SMILES string of the molecule is C=CCSC/C=C(\C=O)SCC=C. The Kier molecular flexibility index (Phi) is 9.37. The van der Waals surface area contributed by atoms with Crippen molar-refractivity contribution in [1.82, 2.24) is 0 Å². The molecule has 0 saturated carbocycles. The van der Waals surface area contributed by atoms with Gasteiger partial charge in [0.15, 0.2) is 6.29 Å². The molecule has 0 N–H and O–H groups in total. The number of allylic oxidation sites excluding steroid dienone is 1. The third kappa shape index (κ3) is 7.94. The molecule has 0 aromatic rings. The number of hydrogen-bond donors (Lipinski definition) is 0. The summed E-state index contributed by atoms with van der Waals surface area (Å²) < 4.78 is 0. The van der Waals surface area contributed by atoms with E-state index in [1.54, 1.807) is 17.8 Å². The summed E-state index contributed by atoms with van der Waals surface area (Å²) in [5.41, 5.74) is 0. The molecule has 0 saturated heterocycles. The Balaban J connectivity index is 3.70. The van der Waals surface area contributed by atoms with Crippen LogP contribution in [0.4, 0.5) is 0 Å². The van der Waals surface area contributed by atoms with E-state index in [9.17, 15) is 4.79 Å². The number of thioether (sulfide) groups is 2. The Morgan fingerprint density at radius 1 is 1.15 bits per heavy atom. The molecule has 0 unspecified atom stereocenters. The topological polar surface area (TPSA) is 17.1 Å². The fourth-order valence-corrected chi connectivity index (χ4v) is 1.87. The first-order chi connectivity index (χ1) is 6.35. The summed E-state index contributed by atoms with van der Waals surface area (Å²) in [7, 11) is 0. The maximum absolute atomic E-state index is 10.5. The van der Waals surface area contributed by atoms with Crippen LogP contribution >= 0.6 is 23.5 Å². The molecule has 0 spiro atoms. The molecule has 0 heterocycles. The van der Waals surface area contributed by atoms with Gasteiger partial charge in [0.2, 0.25) is 0 Å². The molecule has 1 nitrogen and oxygen atoms in total. The Labute approximate surface area is 88.4 Å². The lowest BCUT2D eigenvalue weighted by atomic mass is 10.6. The van der Waals surface area contributed by atoms with Crippen molar-refractivity contribution in [2.75, 3.05) is 17.3 Å². The van der Waals surface area contributed by atoms with Crippen LogP contribution in [0.2, 0.25) is 0 Å². The molecule has 0 aliphatic heterocycles. The summed E-state index contributed by atoms with van der Waals surface area (Å²) in [4.78, 5) is 11.3. The van der Waals surface area contributed by atoms with Crippen molar-refractivity contribution >= 4 is 29.8 Å². The van der Waals surface area contributed by atoms with E-state index in [4.69, 9.17) is 0 Å². The normalized spacial score (nSPS) is 10.9. The van der Waals surface area contributed by atoms with Crippen LogP contribution in [0.1, 0.15) is 0 Å². The largest absolute Gasteiger partial charge is 0.297 e. The van der Waals surface area contributed by atoms with Crippen LogP contribution in [0.25, 0.3) is 0 Å². The zero-order chi connectivity index (χ0) is 9.94. The number of aldehydes is 1. The van der Waals surface area contributed by atoms with Gasteiger partial charge in [0.25, 0.3) is 0 Å². The molecule has 0 amide bonds. The smallest absolute Gasteiger partial charge is 0.156 e. The first kappa shape index (κ1) is 12.6. The molecular weight excluding hydrogens is 200 g/mol. The quantitative estimate of drug-likeness (QED) is 0.268. The van der Waals surface area contributed by atoms with Gasteiger partial charge in [0.1, 0.15) is 0 Å². The fraction of sp³-hybridized carbons (Fsp3) is 0.300. The zero-order valence-electron chi connectivity index (χ0n) is 7.57. The number of carbonyl (C=O) groups excluding carboxylic acids is 1. The average molecular weight is 214 g/mol. The highest BCUT2D eigenvalue weighted by Gasteiger charge is 1.93. The molecule has 13 heavy (non-hydrogen) atoms. The summed E-state index contributed by atoms with van der Waals surface area (Å²) in [5.74, 6) is 2.58. The number of carbonyl (C=O) groups is 1. The third-order valence-electron chi connectivity index (χ3n) is 1.12. The van der Waals surface area contributed by atoms with E-state index in [0.29, 0.717) is 0 Å². The van der Waals surface area contributed by atoms with E-state index >= 15 is 0 Å². The van der Waals surface area contributed by atoms with E-state index < -0.39 is 0 Å². The maximum Gasteiger partial charge on any atom is 0.156 e. The van der Waals surface area contributed by atoms with Gasteiger partial charge in [0, 0.05) is 22.2 Å². The standard InChI is InChI=1S/C10H14OS2/c1-3-6-12-8-5-10(9-11)13-7-4-2/h3-5,9H,1-2,6-8H2/b10-5+. The Hall–Kier alpha value is -0.410. The van der Waals surface area contributed by atoms with E-state index in [1.165, 1.54) is 11.8 Å². The predicted molar refractivity (Wildman–Crippen MR) is 64.3 cm³/mol. The molecule has 3 heteroatoms. The molecule has 0 fully saturated rings. The molecule has 0 atom stereocenters. The monoisotopic (exact) mass is 214 g/mol. The molecule has 0 radical (unpaired) electrons. The highest BCUT2D eigenvalue weighted by atomic mass is 32.2. The van der Waals surface area contributed by atoms with E-state index in [0.717, 1.165) is 28.4 Å². The minimum atomic E-state index is 0.788. The van der Waals surface area contributed by atoms with Crippen LogP contribution in [0, 0.1) is 0 Å². The molecule has 0 aromatic carbocycles.